The lowest BCUT2D eigenvalue weighted by Crippen LogP contribution is -2.53. The van der Waals surface area contributed by atoms with Crippen LogP contribution in [0, 0.1) is 11.3 Å². The van der Waals surface area contributed by atoms with E-state index in [-0.39, 0.29) is 5.54 Å². The predicted molar refractivity (Wildman–Crippen MR) is 86.0 cm³/mol. The summed E-state index contributed by atoms with van der Waals surface area (Å²) in [4.78, 5) is 4.45. The number of nitriles is 1. The molecule has 0 unspecified atom stereocenters. The largest absolute Gasteiger partial charge is 0.376 e. The molecule has 23 heavy (non-hydrogen) atoms. The van der Waals surface area contributed by atoms with E-state index >= 15 is 0 Å². The Morgan fingerprint density at radius 3 is 2.91 bits per heavy atom. The van der Waals surface area contributed by atoms with Crippen LogP contribution < -0.4 is 5.32 Å². The van der Waals surface area contributed by atoms with Crippen molar-refractivity contribution in [2.24, 2.45) is 0 Å². The van der Waals surface area contributed by atoms with E-state index in [1.54, 1.807) is 16.9 Å². The van der Waals surface area contributed by atoms with Crippen LogP contribution in [0.2, 0.25) is 0 Å². The molecule has 1 aliphatic heterocycles. The van der Waals surface area contributed by atoms with Crippen molar-refractivity contribution in [3.63, 3.8) is 0 Å². The fourth-order valence-corrected chi connectivity index (χ4v) is 2.73. The summed E-state index contributed by atoms with van der Waals surface area (Å²) in [5, 5.41) is 16.8. The number of anilines is 1. The minimum Gasteiger partial charge on any atom is -0.376 e. The number of rotatable bonds is 3. The van der Waals surface area contributed by atoms with Crippen LogP contribution in [0.25, 0.3) is 16.9 Å². The zero-order chi connectivity index (χ0) is 15.9. The van der Waals surface area contributed by atoms with Crippen molar-refractivity contribution in [3.05, 3.63) is 48.3 Å². The number of nitrogens with zero attached hydrogens (tertiary/aromatic N) is 4. The van der Waals surface area contributed by atoms with Gasteiger partial charge in [-0.15, -0.1) is 0 Å². The molecular weight excluding hydrogens is 290 g/mol. The third kappa shape index (κ3) is 2.41. The summed E-state index contributed by atoms with van der Waals surface area (Å²) >= 11 is 0. The van der Waals surface area contributed by atoms with Crippen LogP contribution in [0.1, 0.15) is 12.5 Å². The highest BCUT2D eigenvalue weighted by atomic mass is 16.5. The molecule has 3 aromatic heterocycles. The SMILES string of the molecule is CC1(Nc2ccnc(-c3ccc4cc(C#N)cnn34)c2)COC1. The molecular formula is C17H15N5O. The smallest absolute Gasteiger partial charge is 0.101 e. The van der Waals surface area contributed by atoms with E-state index in [0.29, 0.717) is 18.8 Å². The standard InChI is InChI=1S/C17H15N5O/c1-17(10-23-11-17)21-13-4-5-19-15(7-13)16-3-2-14-6-12(8-18)9-20-22(14)16/h2-7,9H,10-11H2,1H3,(H,19,21). The van der Waals surface area contributed by atoms with Gasteiger partial charge in [-0.1, -0.05) is 0 Å². The second-order valence-electron chi connectivity index (χ2n) is 6.02. The van der Waals surface area contributed by atoms with Crippen molar-refractivity contribution in [3.8, 4) is 17.5 Å². The Bertz CT molecular complexity index is 920. The van der Waals surface area contributed by atoms with E-state index in [2.05, 4.69) is 28.4 Å². The van der Waals surface area contributed by atoms with E-state index < -0.39 is 0 Å². The van der Waals surface area contributed by atoms with Crippen molar-refractivity contribution in [1.29, 1.82) is 5.26 Å². The Balaban J connectivity index is 1.72. The summed E-state index contributed by atoms with van der Waals surface area (Å²) in [7, 11) is 0. The average molecular weight is 305 g/mol. The van der Waals surface area contributed by atoms with Gasteiger partial charge in [-0.2, -0.15) is 10.4 Å². The van der Waals surface area contributed by atoms with Crippen molar-refractivity contribution in [1.82, 2.24) is 14.6 Å². The van der Waals surface area contributed by atoms with Gasteiger partial charge in [0, 0.05) is 11.9 Å². The Labute approximate surface area is 133 Å². The fourth-order valence-electron chi connectivity index (χ4n) is 2.73. The molecule has 1 fully saturated rings. The third-order valence-electron chi connectivity index (χ3n) is 3.94. The lowest BCUT2D eigenvalue weighted by molar-refractivity contribution is -0.0318. The van der Waals surface area contributed by atoms with Crippen LogP contribution in [0.3, 0.4) is 0 Å². The number of hydrogen-bond acceptors (Lipinski definition) is 5. The van der Waals surface area contributed by atoms with Gasteiger partial charge >= 0.3 is 0 Å². The number of nitrogens with one attached hydrogen (secondary N) is 1. The molecule has 4 heterocycles. The van der Waals surface area contributed by atoms with Gasteiger partial charge in [-0.05, 0) is 37.3 Å². The van der Waals surface area contributed by atoms with E-state index in [9.17, 15) is 0 Å². The van der Waals surface area contributed by atoms with Crippen molar-refractivity contribution in [2.75, 3.05) is 18.5 Å². The van der Waals surface area contributed by atoms with Crippen LogP contribution in [-0.4, -0.2) is 33.4 Å². The molecule has 114 valence electrons. The third-order valence-corrected chi connectivity index (χ3v) is 3.94. The van der Waals surface area contributed by atoms with E-state index in [1.165, 1.54) is 0 Å². The highest BCUT2D eigenvalue weighted by Crippen LogP contribution is 2.26. The average Bonchev–Trinajstić information content (AvgIpc) is 2.96. The normalized spacial score (nSPS) is 15.8. The maximum absolute atomic E-state index is 8.96. The zero-order valence-corrected chi connectivity index (χ0v) is 12.7. The van der Waals surface area contributed by atoms with Gasteiger partial charge in [0.15, 0.2) is 0 Å². The van der Waals surface area contributed by atoms with Crippen LogP contribution in [-0.2, 0) is 4.74 Å². The van der Waals surface area contributed by atoms with Crippen molar-refractivity contribution < 1.29 is 4.74 Å². The molecule has 6 heteroatoms. The molecule has 0 atom stereocenters. The number of aromatic nitrogens is 3. The van der Waals surface area contributed by atoms with Gasteiger partial charge in [0.2, 0.25) is 0 Å². The van der Waals surface area contributed by atoms with Crippen LogP contribution >= 0.6 is 0 Å². The maximum atomic E-state index is 8.96. The number of fused-ring (bicyclic) bond motifs is 1. The second kappa shape index (κ2) is 5.07. The van der Waals surface area contributed by atoms with Gasteiger partial charge in [0.25, 0.3) is 0 Å². The first kappa shape index (κ1) is 13.7. The van der Waals surface area contributed by atoms with Gasteiger partial charge < -0.3 is 10.1 Å². The molecule has 4 rings (SSSR count). The van der Waals surface area contributed by atoms with Gasteiger partial charge in [-0.25, -0.2) is 4.52 Å². The minimum absolute atomic E-state index is 0.0141. The second-order valence-corrected chi connectivity index (χ2v) is 6.02. The molecule has 0 saturated carbocycles. The number of pyridine rings is 1. The first-order valence-corrected chi connectivity index (χ1v) is 7.37. The molecule has 0 amide bonds. The van der Waals surface area contributed by atoms with Gasteiger partial charge in [0.1, 0.15) is 6.07 Å². The Morgan fingerprint density at radius 2 is 2.17 bits per heavy atom. The van der Waals surface area contributed by atoms with Crippen molar-refractivity contribution >= 4 is 11.2 Å². The van der Waals surface area contributed by atoms with Gasteiger partial charge in [0.05, 0.1) is 47.4 Å². The highest BCUT2D eigenvalue weighted by molar-refractivity contribution is 5.67. The molecule has 1 aliphatic rings. The fraction of sp³-hybridized carbons (Fsp3) is 0.235. The van der Waals surface area contributed by atoms with Gasteiger partial charge in [-0.3, -0.25) is 4.98 Å². The highest BCUT2D eigenvalue weighted by Gasteiger charge is 2.33. The molecule has 0 aromatic carbocycles. The zero-order valence-electron chi connectivity index (χ0n) is 12.7. The summed E-state index contributed by atoms with van der Waals surface area (Å²) in [6.45, 7) is 3.54. The molecule has 1 saturated heterocycles. The van der Waals surface area contributed by atoms with E-state index in [0.717, 1.165) is 22.6 Å². The van der Waals surface area contributed by atoms with Crippen LogP contribution in [0.4, 0.5) is 5.69 Å². The Morgan fingerprint density at radius 1 is 1.30 bits per heavy atom. The van der Waals surface area contributed by atoms with E-state index in [1.807, 2.05) is 30.3 Å². The molecule has 0 spiro atoms. The summed E-state index contributed by atoms with van der Waals surface area (Å²) < 4.78 is 7.07. The van der Waals surface area contributed by atoms with Crippen LogP contribution in [0.15, 0.2) is 42.7 Å². The number of hydrogen-bond donors (Lipinski definition) is 1. The Hall–Kier alpha value is -2.91. The topological polar surface area (TPSA) is 75.2 Å². The lowest BCUT2D eigenvalue weighted by Gasteiger charge is -2.39. The molecule has 6 nitrogen and oxygen atoms in total. The first-order valence-electron chi connectivity index (χ1n) is 7.37. The quantitative estimate of drug-likeness (QED) is 0.804. The van der Waals surface area contributed by atoms with Crippen molar-refractivity contribution in [2.45, 2.75) is 12.5 Å². The molecule has 0 aliphatic carbocycles. The molecule has 0 radical (unpaired) electrons. The summed E-state index contributed by atoms with van der Waals surface area (Å²) in [6, 6.07) is 11.8. The van der Waals surface area contributed by atoms with E-state index in [4.69, 9.17) is 10.00 Å². The first-order chi connectivity index (χ1) is 11.2. The summed E-state index contributed by atoms with van der Waals surface area (Å²) in [5.41, 5.74) is 4.13. The molecule has 0 bridgehead atoms. The minimum atomic E-state index is -0.0141. The lowest BCUT2D eigenvalue weighted by atomic mass is 10.0. The predicted octanol–water partition coefficient (Wildman–Crippen LogP) is 2.47. The Kier molecular flexibility index (Phi) is 3.03. The number of ether oxygens (including phenoxy) is 1. The van der Waals surface area contributed by atoms with Crippen LogP contribution in [0.5, 0.6) is 0 Å². The monoisotopic (exact) mass is 305 g/mol. The molecule has 3 aromatic rings. The molecule has 1 N–H and O–H groups in total. The summed E-state index contributed by atoms with van der Waals surface area (Å²) in [6.07, 6.45) is 3.34. The maximum Gasteiger partial charge on any atom is 0.101 e. The summed E-state index contributed by atoms with van der Waals surface area (Å²) in [5.74, 6) is 0.